The van der Waals surface area contributed by atoms with Crippen LogP contribution < -0.4 is 5.73 Å². The fraction of sp³-hybridized carbons (Fsp3) is 0.381. The zero-order chi connectivity index (χ0) is 17.1. The molecule has 1 aliphatic rings. The Morgan fingerprint density at radius 3 is 2.68 bits per heavy atom. The van der Waals surface area contributed by atoms with E-state index in [2.05, 4.69) is 58.0 Å². The van der Waals surface area contributed by atoms with Crippen LogP contribution in [0.25, 0.3) is 22.4 Å². The van der Waals surface area contributed by atoms with Gasteiger partial charge in [0.05, 0.1) is 11.0 Å². The number of para-hydroxylation sites is 2. The van der Waals surface area contributed by atoms with Gasteiger partial charge in [0.2, 0.25) is 0 Å². The predicted octanol–water partition coefficient (Wildman–Crippen LogP) is 3.65. The summed E-state index contributed by atoms with van der Waals surface area (Å²) in [5.74, 6) is 1.05. The van der Waals surface area contributed by atoms with Crippen molar-refractivity contribution in [1.29, 1.82) is 0 Å². The van der Waals surface area contributed by atoms with Gasteiger partial charge >= 0.3 is 0 Å². The van der Waals surface area contributed by atoms with Gasteiger partial charge in [0, 0.05) is 18.7 Å². The first-order valence-corrected chi connectivity index (χ1v) is 9.32. The summed E-state index contributed by atoms with van der Waals surface area (Å²) < 4.78 is 2.32. The molecule has 0 radical (unpaired) electrons. The maximum absolute atomic E-state index is 5.75. The molecular formula is C21H26N4. The number of nitrogens with zero attached hydrogens (tertiary/aromatic N) is 3. The number of imidazole rings is 1. The van der Waals surface area contributed by atoms with Gasteiger partial charge in [0.1, 0.15) is 5.82 Å². The quantitative estimate of drug-likeness (QED) is 0.748. The molecule has 4 nitrogen and oxygen atoms in total. The summed E-state index contributed by atoms with van der Waals surface area (Å²) in [4.78, 5) is 7.46. The van der Waals surface area contributed by atoms with E-state index < -0.39 is 0 Å². The van der Waals surface area contributed by atoms with E-state index in [0.717, 1.165) is 30.9 Å². The highest BCUT2D eigenvalue weighted by atomic mass is 15.1. The smallest absolute Gasteiger partial charge is 0.141 e. The zero-order valence-electron chi connectivity index (χ0n) is 14.7. The average Bonchev–Trinajstić information content (AvgIpc) is 3.28. The summed E-state index contributed by atoms with van der Waals surface area (Å²) in [5.41, 5.74) is 10.6. The highest BCUT2D eigenvalue weighted by molar-refractivity contribution is 5.80. The molecule has 1 fully saturated rings. The maximum atomic E-state index is 5.75. The Labute approximate surface area is 149 Å². The molecule has 0 bridgehead atoms. The summed E-state index contributed by atoms with van der Waals surface area (Å²) >= 11 is 0. The number of aryl methyl sites for hydroxylation is 1. The summed E-state index contributed by atoms with van der Waals surface area (Å²) in [6.07, 6.45) is 3.62. The van der Waals surface area contributed by atoms with Crippen LogP contribution in [0, 0.1) is 0 Å². The Morgan fingerprint density at radius 2 is 1.84 bits per heavy atom. The Hall–Kier alpha value is -2.17. The first-order valence-electron chi connectivity index (χ1n) is 9.32. The maximum Gasteiger partial charge on any atom is 0.141 e. The molecule has 130 valence electrons. The molecule has 4 heteroatoms. The molecule has 1 saturated heterocycles. The van der Waals surface area contributed by atoms with Crippen molar-refractivity contribution in [3.05, 3.63) is 54.1 Å². The van der Waals surface area contributed by atoms with E-state index in [-0.39, 0.29) is 0 Å². The van der Waals surface area contributed by atoms with Crippen molar-refractivity contribution in [1.82, 2.24) is 14.5 Å². The van der Waals surface area contributed by atoms with Crippen LogP contribution in [0.5, 0.6) is 0 Å². The summed E-state index contributed by atoms with van der Waals surface area (Å²) in [7, 11) is 0. The van der Waals surface area contributed by atoms with Crippen LogP contribution in [0.2, 0.25) is 0 Å². The molecule has 0 aliphatic carbocycles. The predicted molar refractivity (Wildman–Crippen MR) is 103 cm³/mol. The number of hydrogen-bond acceptors (Lipinski definition) is 3. The van der Waals surface area contributed by atoms with Gasteiger partial charge in [-0.05, 0) is 62.7 Å². The Kier molecular flexibility index (Phi) is 4.81. The molecule has 2 aromatic carbocycles. The molecule has 25 heavy (non-hydrogen) atoms. The fourth-order valence-electron chi connectivity index (χ4n) is 3.78. The topological polar surface area (TPSA) is 47.1 Å². The number of aromatic nitrogens is 2. The van der Waals surface area contributed by atoms with Gasteiger partial charge in [-0.25, -0.2) is 4.98 Å². The van der Waals surface area contributed by atoms with E-state index in [9.17, 15) is 0 Å². The van der Waals surface area contributed by atoms with Crippen LogP contribution in [0.4, 0.5) is 0 Å². The van der Waals surface area contributed by atoms with Crippen molar-refractivity contribution < 1.29 is 0 Å². The van der Waals surface area contributed by atoms with E-state index in [0.29, 0.717) is 6.54 Å². The Morgan fingerprint density at radius 1 is 1.00 bits per heavy atom. The first kappa shape index (κ1) is 16.3. The van der Waals surface area contributed by atoms with Crippen molar-refractivity contribution in [2.75, 3.05) is 19.6 Å². The van der Waals surface area contributed by atoms with Crippen molar-refractivity contribution in [2.24, 2.45) is 5.73 Å². The van der Waals surface area contributed by atoms with Crippen molar-refractivity contribution in [2.45, 2.75) is 32.4 Å². The molecule has 0 atom stereocenters. The van der Waals surface area contributed by atoms with E-state index >= 15 is 0 Å². The van der Waals surface area contributed by atoms with Crippen molar-refractivity contribution in [3.63, 3.8) is 0 Å². The number of fused-ring (bicyclic) bond motifs is 1. The normalized spacial score (nSPS) is 15.2. The summed E-state index contributed by atoms with van der Waals surface area (Å²) in [5, 5.41) is 0. The average molecular weight is 334 g/mol. The highest BCUT2D eigenvalue weighted by Gasteiger charge is 2.15. The van der Waals surface area contributed by atoms with Crippen LogP contribution in [-0.2, 0) is 13.1 Å². The van der Waals surface area contributed by atoms with Crippen molar-refractivity contribution in [3.8, 4) is 11.4 Å². The first-order chi connectivity index (χ1) is 12.3. The second-order valence-corrected chi connectivity index (χ2v) is 6.90. The largest absolute Gasteiger partial charge is 0.330 e. The van der Waals surface area contributed by atoms with Gasteiger partial charge in [0.25, 0.3) is 0 Å². The minimum Gasteiger partial charge on any atom is -0.330 e. The molecule has 2 heterocycles. The lowest BCUT2D eigenvalue weighted by atomic mass is 10.1. The number of rotatable bonds is 6. The second kappa shape index (κ2) is 7.38. The standard InChI is InChI=1S/C21H26N4/c22-11-6-14-25-20-10-2-1-9-19(20)23-21(25)18-8-5-7-17(15-18)16-24-12-3-4-13-24/h1-2,5,7-10,15H,3-4,6,11-14,16,22H2. The lowest BCUT2D eigenvalue weighted by molar-refractivity contribution is 0.331. The fourth-order valence-corrected chi connectivity index (χ4v) is 3.78. The van der Waals surface area contributed by atoms with Crippen LogP contribution in [0.15, 0.2) is 48.5 Å². The number of benzene rings is 2. The highest BCUT2D eigenvalue weighted by Crippen LogP contribution is 2.26. The zero-order valence-corrected chi connectivity index (χ0v) is 14.7. The van der Waals surface area contributed by atoms with Crippen LogP contribution in [-0.4, -0.2) is 34.1 Å². The van der Waals surface area contributed by atoms with Gasteiger partial charge in [0.15, 0.2) is 0 Å². The third-order valence-electron chi connectivity index (χ3n) is 5.03. The number of nitrogens with two attached hydrogens (primary N) is 1. The van der Waals surface area contributed by atoms with Crippen LogP contribution in [0.3, 0.4) is 0 Å². The minimum absolute atomic E-state index is 0.695. The third kappa shape index (κ3) is 3.46. The molecule has 1 aromatic heterocycles. The minimum atomic E-state index is 0.695. The molecule has 0 spiro atoms. The molecule has 1 aliphatic heterocycles. The molecule has 0 saturated carbocycles. The van der Waals surface area contributed by atoms with E-state index in [4.69, 9.17) is 10.7 Å². The monoisotopic (exact) mass is 334 g/mol. The number of hydrogen-bond donors (Lipinski definition) is 1. The molecule has 0 unspecified atom stereocenters. The lowest BCUT2D eigenvalue weighted by Crippen LogP contribution is -2.18. The second-order valence-electron chi connectivity index (χ2n) is 6.90. The van der Waals surface area contributed by atoms with Crippen LogP contribution in [0.1, 0.15) is 24.8 Å². The molecule has 2 N–H and O–H groups in total. The summed E-state index contributed by atoms with van der Waals surface area (Å²) in [6.45, 7) is 5.08. The van der Waals surface area contributed by atoms with Gasteiger partial charge in [-0.3, -0.25) is 4.90 Å². The van der Waals surface area contributed by atoms with E-state index in [1.54, 1.807) is 0 Å². The summed E-state index contributed by atoms with van der Waals surface area (Å²) in [6, 6.07) is 17.2. The van der Waals surface area contributed by atoms with Gasteiger partial charge in [-0.2, -0.15) is 0 Å². The van der Waals surface area contributed by atoms with Gasteiger partial charge in [-0.15, -0.1) is 0 Å². The molecular weight excluding hydrogens is 308 g/mol. The molecule has 4 rings (SSSR count). The Balaban J connectivity index is 1.70. The molecule has 0 amide bonds. The third-order valence-corrected chi connectivity index (χ3v) is 5.03. The lowest BCUT2D eigenvalue weighted by Gasteiger charge is -2.15. The van der Waals surface area contributed by atoms with Crippen molar-refractivity contribution >= 4 is 11.0 Å². The van der Waals surface area contributed by atoms with E-state index in [1.807, 2.05) is 0 Å². The number of likely N-dealkylation sites (tertiary alicyclic amines) is 1. The molecule has 3 aromatic rings. The Bertz CT molecular complexity index is 846. The van der Waals surface area contributed by atoms with Gasteiger partial charge in [-0.1, -0.05) is 30.3 Å². The van der Waals surface area contributed by atoms with Crippen LogP contribution >= 0.6 is 0 Å². The van der Waals surface area contributed by atoms with E-state index in [1.165, 1.54) is 42.6 Å². The SMILES string of the molecule is NCCCn1c(-c2cccc(CN3CCCC3)c2)nc2ccccc21. The van der Waals surface area contributed by atoms with Gasteiger partial charge < -0.3 is 10.3 Å².